The molecule has 0 aliphatic carbocycles. The highest BCUT2D eigenvalue weighted by Gasteiger charge is 2.16. The first kappa shape index (κ1) is 14.5. The fourth-order valence-electron chi connectivity index (χ4n) is 1.72. The zero-order chi connectivity index (χ0) is 13.5. The number of carbonyl (C=O) groups is 1. The van der Waals surface area contributed by atoms with Gasteiger partial charge in [0.05, 0.1) is 19.2 Å². The Balaban J connectivity index is 2.73. The smallest absolute Gasteiger partial charge is 0.237 e. The van der Waals surface area contributed by atoms with Gasteiger partial charge in [0.1, 0.15) is 5.75 Å². The van der Waals surface area contributed by atoms with Crippen molar-refractivity contribution in [2.45, 2.75) is 38.8 Å². The molecule has 100 valence electrons. The third-order valence-corrected chi connectivity index (χ3v) is 3.02. The van der Waals surface area contributed by atoms with E-state index in [2.05, 4.69) is 5.32 Å². The molecule has 0 aliphatic heterocycles. The quantitative estimate of drug-likeness (QED) is 0.811. The lowest BCUT2D eigenvalue weighted by Crippen LogP contribution is -2.41. The number of hydrogen-bond donors (Lipinski definition) is 2. The molecule has 1 unspecified atom stereocenters. The molecule has 18 heavy (non-hydrogen) atoms. The predicted molar refractivity (Wildman–Crippen MR) is 72.4 cm³/mol. The van der Waals surface area contributed by atoms with Gasteiger partial charge in [-0.25, -0.2) is 0 Å². The van der Waals surface area contributed by atoms with Gasteiger partial charge < -0.3 is 15.8 Å². The van der Waals surface area contributed by atoms with E-state index in [1.165, 1.54) is 0 Å². The molecule has 3 N–H and O–H groups in total. The van der Waals surface area contributed by atoms with Crippen molar-refractivity contribution in [3.05, 3.63) is 29.8 Å². The Hall–Kier alpha value is -1.55. The molecule has 1 aromatic carbocycles. The molecule has 0 spiro atoms. The zero-order valence-electron chi connectivity index (χ0n) is 11.3. The molecule has 1 aromatic rings. The lowest BCUT2D eigenvalue weighted by atomic mass is 10.0. The van der Waals surface area contributed by atoms with Gasteiger partial charge in [-0.1, -0.05) is 26.0 Å². The average molecular weight is 250 g/mol. The van der Waals surface area contributed by atoms with Gasteiger partial charge >= 0.3 is 0 Å². The molecule has 4 nitrogen and oxygen atoms in total. The largest absolute Gasteiger partial charge is 0.497 e. The Morgan fingerprint density at radius 3 is 2.33 bits per heavy atom. The van der Waals surface area contributed by atoms with Crippen molar-refractivity contribution in [3.63, 3.8) is 0 Å². The van der Waals surface area contributed by atoms with Crippen LogP contribution in [0.15, 0.2) is 24.3 Å². The predicted octanol–water partition coefficient (Wildman–Crippen LogP) is 2.00. The number of methoxy groups -OCH3 is 1. The van der Waals surface area contributed by atoms with E-state index in [0.29, 0.717) is 6.42 Å². The van der Waals surface area contributed by atoms with E-state index in [9.17, 15) is 4.79 Å². The average Bonchev–Trinajstić information content (AvgIpc) is 2.43. The van der Waals surface area contributed by atoms with Crippen LogP contribution >= 0.6 is 0 Å². The van der Waals surface area contributed by atoms with E-state index in [4.69, 9.17) is 10.5 Å². The minimum atomic E-state index is -0.433. The minimum absolute atomic E-state index is 0.000932. The Bertz CT molecular complexity index is 376. The number of nitrogens with one attached hydrogen (secondary N) is 1. The first-order valence-electron chi connectivity index (χ1n) is 6.32. The van der Waals surface area contributed by atoms with Crippen LogP contribution in [0.1, 0.15) is 38.3 Å². The third-order valence-electron chi connectivity index (χ3n) is 3.02. The second-order valence-electron chi connectivity index (χ2n) is 4.26. The van der Waals surface area contributed by atoms with Crippen molar-refractivity contribution in [1.82, 2.24) is 5.32 Å². The minimum Gasteiger partial charge on any atom is -0.497 e. The third kappa shape index (κ3) is 3.74. The number of rotatable bonds is 6. The summed E-state index contributed by atoms with van der Waals surface area (Å²) in [5, 5.41) is 2.97. The molecule has 0 fully saturated rings. The van der Waals surface area contributed by atoms with Gasteiger partial charge in [-0.15, -0.1) is 0 Å². The summed E-state index contributed by atoms with van der Waals surface area (Å²) in [6.07, 6.45) is 1.47. The van der Waals surface area contributed by atoms with Crippen LogP contribution in [-0.2, 0) is 4.79 Å². The van der Waals surface area contributed by atoms with E-state index in [1.54, 1.807) is 7.11 Å². The van der Waals surface area contributed by atoms with Crippen molar-refractivity contribution in [2.24, 2.45) is 5.73 Å². The van der Waals surface area contributed by atoms with Gasteiger partial charge in [0.25, 0.3) is 0 Å². The molecule has 0 aliphatic rings. The van der Waals surface area contributed by atoms with Crippen LogP contribution < -0.4 is 15.8 Å². The molecule has 0 saturated carbocycles. The number of benzene rings is 1. The van der Waals surface area contributed by atoms with Gasteiger partial charge in [-0.3, -0.25) is 4.79 Å². The first-order valence-corrected chi connectivity index (χ1v) is 6.32. The standard InChI is InChI=1S/C14H22N2O2/c1-4-12(15)14(17)16-13(5-2)10-6-8-11(18-3)9-7-10/h6-9,12-13H,4-5,15H2,1-3H3,(H,16,17)/t12-,13?/m1/s1. The summed E-state index contributed by atoms with van der Waals surface area (Å²) in [5.74, 6) is 0.713. The van der Waals surface area contributed by atoms with Gasteiger partial charge in [0, 0.05) is 0 Å². The normalized spacial score (nSPS) is 13.8. The van der Waals surface area contributed by atoms with Crippen LogP contribution in [0.2, 0.25) is 0 Å². The van der Waals surface area contributed by atoms with Gasteiger partial charge in [0.15, 0.2) is 0 Å². The Morgan fingerprint density at radius 2 is 1.89 bits per heavy atom. The number of carbonyl (C=O) groups excluding carboxylic acids is 1. The summed E-state index contributed by atoms with van der Waals surface area (Å²) in [7, 11) is 1.63. The number of ether oxygens (including phenoxy) is 1. The topological polar surface area (TPSA) is 64.4 Å². The van der Waals surface area contributed by atoms with Crippen LogP contribution in [0.25, 0.3) is 0 Å². The number of nitrogens with two attached hydrogens (primary N) is 1. The van der Waals surface area contributed by atoms with Crippen LogP contribution in [0.4, 0.5) is 0 Å². The van der Waals surface area contributed by atoms with Crippen LogP contribution in [0.3, 0.4) is 0 Å². The molecule has 4 heteroatoms. The zero-order valence-corrected chi connectivity index (χ0v) is 11.3. The van der Waals surface area contributed by atoms with Crippen molar-refractivity contribution in [2.75, 3.05) is 7.11 Å². The van der Waals surface area contributed by atoms with Crippen LogP contribution in [0.5, 0.6) is 5.75 Å². The Labute approximate surface area is 109 Å². The van der Waals surface area contributed by atoms with E-state index in [0.717, 1.165) is 17.7 Å². The lowest BCUT2D eigenvalue weighted by Gasteiger charge is -2.20. The Kier molecular flexibility index (Phi) is 5.65. The highest BCUT2D eigenvalue weighted by molar-refractivity contribution is 5.81. The monoisotopic (exact) mass is 250 g/mol. The van der Waals surface area contributed by atoms with Crippen LogP contribution in [0, 0.1) is 0 Å². The first-order chi connectivity index (χ1) is 8.62. The summed E-state index contributed by atoms with van der Waals surface area (Å²) in [5.41, 5.74) is 6.78. The molecule has 0 radical (unpaired) electrons. The van der Waals surface area contributed by atoms with Crippen LogP contribution in [-0.4, -0.2) is 19.1 Å². The fraction of sp³-hybridized carbons (Fsp3) is 0.500. The van der Waals surface area contributed by atoms with E-state index in [1.807, 2.05) is 38.1 Å². The summed E-state index contributed by atoms with van der Waals surface area (Å²) in [4.78, 5) is 11.8. The molecule has 1 rings (SSSR count). The SMILES string of the molecule is CCC(NC(=O)[C@H](N)CC)c1ccc(OC)cc1. The number of amides is 1. The second kappa shape index (κ2) is 7.01. The van der Waals surface area contributed by atoms with Crippen molar-refractivity contribution < 1.29 is 9.53 Å². The molecule has 0 aromatic heterocycles. The van der Waals surface area contributed by atoms with E-state index >= 15 is 0 Å². The summed E-state index contributed by atoms with van der Waals surface area (Å²) in [6, 6.07) is 7.28. The maximum atomic E-state index is 11.8. The van der Waals surface area contributed by atoms with Gasteiger partial charge in [-0.2, -0.15) is 0 Å². The summed E-state index contributed by atoms with van der Waals surface area (Å²) < 4.78 is 5.11. The highest BCUT2D eigenvalue weighted by Crippen LogP contribution is 2.20. The molecule has 0 saturated heterocycles. The Morgan fingerprint density at radius 1 is 1.28 bits per heavy atom. The van der Waals surface area contributed by atoms with Gasteiger partial charge in [0.2, 0.25) is 5.91 Å². The number of hydrogen-bond acceptors (Lipinski definition) is 3. The van der Waals surface area contributed by atoms with Crippen molar-refractivity contribution >= 4 is 5.91 Å². The maximum Gasteiger partial charge on any atom is 0.237 e. The second-order valence-corrected chi connectivity index (χ2v) is 4.26. The molecule has 0 heterocycles. The highest BCUT2D eigenvalue weighted by atomic mass is 16.5. The van der Waals surface area contributed by atoms with E-state index < -0.39 is 6.04 Å². The van der Waals surface area contributed by atoms with Gasteiger partial charge in [-0.05, 0) is 30.5 Å². The van der Waals surface area contributed by atoms with Crippen molar-refractivity contribution in [1.29, 1.82) is 0 Å². The van der Waals surface area contributed by atoms with Crippen molar-refractivity contribution in [3.8, 4) is 5.75 Å². The molecule has 0 bridgehead atoms. The fourth-order valence-corrected chi connectivity index (χ4v) is 1.72. The molecular weight excluding hydrogens is 228 g/mol. The van der Waals surface area contributed by atoms with E-state index in [-0.39, 0.29) is 11.9 Å². The summed E-state index contributed by atoms with van der Waals surface area (Å²) in [6.45, 7) is 3.94. The maximum absolute atomic E-state index is 11.8. The molecular formula is C14H22N2O2. The molecule has 2 atom stereocenters. The lowest BCUT2D eigenvalue weighted by molar-refractivity contribution is -0.123. The molecule has 1 amide bonds. The summed E-state index contributed by atoms with van der Waals surface area (Å²) >= 11 is 0.